The molecule has 104 valence electrons. The average molecular weight is 290 g/mol. The van der Waals surface area contributed by atoms with Crippen LogP contribution in [0.15, 0.2) is 48.1 Å². The third-order valence-electron chi connectivity index (χ3n) is 2.28. The van der Waals surface area contributed by atoms with Crippen molar-refractivity contribution in [3.05, 3.63) is 48.7 Å². The molecule has 0 heterocycles. The van der Waals surface area contributed by atoms with Crippen LogP contribution in [0.1, 0.15) is 12.5 Å². The fraction of sp³-hybridized carbons (Fsp3) is 0.143. The van der Waals surface area contributed by atoms with Gasteiger partial charge in [-0.05, 0) is 5.56 Å². The zero-order valence-electron chi connectivity index (χ0n) is 11.0. The van der Waals surface area contributed by atoms with Gasteiger partial charge in [0, 0.05) is 13.1 Å². The van der Waals surface area contributed by atoms with Crippen LogP contribution in [0.25, 0.3) is 0 Å². The van der Waals surface area contributed by atoms with Crippen molar-refractivity contribution in [3.8, 4) is 0 Å². The predicted octanol–water partition coefficient (Wildman–Crippen LogP) is 2.08. The summed E-state index contributed by atoms with van der Waals surface area (Å²) in [5, 5.41) is 0. The van der Waals surface area contributed by atoms with Crippen LogP contribution in [0.4, 0.5) is 0 Å². The van der Waals surface area contributed by atoms with E-state index in [1.165, 1.54) is 6.92 Å². The number of hydrogen-bond donors (Lipinski definition) is 0. The molecule has 0 aliphatic heterocycles. The summed E-state index contributed by atoms with van der Waals surface area (Å²) < 4.78 is 5.10. The molecular formula is C14H14N2O3S. The van der Waals surface area contributed by atoms with Crippen LogP contribution in [-0.2, 0) is 20.9 Å². The van der Waals surface area contributed by atoms with Crippen LogP contribution < -0.4 is 0 Å². The van der Waals surface area contributed by atoms with Crippen LogP contribution in [0.5, 0.6) is 0 Å². The molecule has 5 nitrogen and oxygen atoms in total. The smallest absolute Gasteiger partial charge is 0.375 e. The first-order valence-electron chi connectivity index (χ1n) is 5.75. The van der Waals surface area contributed by atoms with Crippen molar-refractivity contribution >= 4 is 35.4 Å². The number of thiocarbonyl (C=S) groups is 1. The Labute approximate surface area is 122 Å². The van der Waals surface area contributed by atoms with E-state index in [4.69, 9.17) is 17.0 Å². The molecule has 0 saturated carbocycles. The number of amidine groups is 1. The maximum Gasteiger partial charge on any atom is 0.375 e. The molecule has 0 aliphatic rings. The van der Waals surface area contributed by atoms with Gasteiger partial charge in [-0.2, -0.15) is 0 Å². The first-order chi connectivity index (χ1) is 9.60. The number of carbonyl (C=O) groups excluding carboxylic acids is 2. The largest absolute Gasteiger partial charge is 0.455 e. The SMILES string of the molecule is C=C/N=C(/C(=O)OCc1ccccc1)N(C=S)C(C)=O. The Hall–Kier alpha value is -2.34. The number of carbonyl (C=O) groups is 2. The average Bonchev–Trinajstić information content (AvgIpc) is 2.45. The maximum atomic E-state index is 12.0. The second-order valence-corrected chi connectivity index (χ2v) is 3.90. The van der Waals surface area contributed by atoms with Gasteiger partial charge in [0.1, 0.15) is 6.61 Å². The van der Waals surface area contributed by atoms with Crippen LogP contribution in [0, 0.1) is 0 Å². The Morgan fingerprint density at radius 3 is 2.55 bits per heavy atom. The molecule has 0 bridgehead atoms. The Morgan fingerprint density at radius 2 is 2.05 bits per heavy atom. The molecule has 0 unspecified atom stereocenters. The van der Waals surface area contributed by atoms with Gasteiger partial charge >= 0.3 is 5.97 Å². The minimum absolute atomic E-state index is 0.0824. The van der Waals surface area contributed by atoms with Gasteiger partial charge in [0.25, 0.3) is 0 Å². The van der Waals surface area contributed by atoms with E-state index in [9.17, 15) is 9.59 Å². The van der Waals surface area contributed by atoms with Crippen LogP contribution in [-0.4, -0.2) is 28.1 Å². The molecule has 1 aromatic rings. The van der Waals surface area contributed by atoms with E-state index in [0.717, 1.165) is 22.2 Å². The summed E-state index contributed by atoms with van der Waals surface area (Å²) in [4.78, 5) is 28.0. The van der Waals surface area contributed by atoms with Gasteiger partial charge in [0.15, 0.2) is 0 Å². The maximum absolute atomic E-state index is 12.0. The van der Waals surface area contributed by atoms with Gasteiger partial charge in [-0.25, -0.2) is 9.79 Å². The minimum atomic E-state index is -0.745. The molecule has 20 heavy (non-hydrogen) atoms. The quantitative estimate of drug-likeness (QED) is 0.369. The molecule has 0 saturated heterocycles. The summed E-state index contributed by atoms with van der Waals surface area (Å²) in [5.41, 5.74) is 1.87. The van der Waals surface area contributed by atoms with E-state index >= 15 is 0 Å². The number of amides is 1. The molecule has 0 fully saturated rings. The van der Waals surface area contributed by atoms with E-state index in [1.54, 1.807) is 0 Å². The van der Waals surface area contributed by atoms with E-state index in [1.807, 2.05) is 30.3 Å². The zero-order valence-corrected chi connectivity index (χ0v) is 11.8. The van der Waals surface area contributed by atoms with Crippen molar-refractivity contribution in [2.24, 2.45) is 4.99 Å². The Kier molecular flexibility index (Phi) is 6.25. The standard InChI is InChI=1S/C14H14N2O3S/c1-3-15-13(16(10-20)11(2)17)14(18)19-9-12-7-5-4-6-8-12/h3-8,10H,1,9H2,2H3/b15-13-. The number of aliphatic imine (C=N–C) groups is 1. The normalized spacial score (nSPS) is 10.6. The molecule has 0 N–H and O–H groups in total. The molecule has 1 rings (SSSR count). The van der Waals surface area contributed by atoms with E-state index in [0.29, 0.717) is 0 Å². The fourth-order valence-electron chi connectivity index (χ4n) is 1.36. The van der Waals surface area contributed by atoms with Gasteiger partial charge in [-0.1, -0.05) is 49.1 Å². The number of ether oxygens (including phenoxy) is 1. The van der Waals surface area contributed by atoms with Gasteiger partial charge in [-0.3, -0.25) is 9.69 Å². The van der Waals surface area contributed by atoms with E-state index in [-0.39, 0.29) is 12.4 Å². The summed E-state index contributed by atoms with van der Waals surface area (Å²) in [7, 11) is 0. The second kappa shape index (κ2) is 7.96. The summed E-state index contributed by atoms with van der Waals surface area (Å²) in [6.45, 7) is 4.75. The van der Waals surface area contributed by atoms with Crippen LogP contribution in [0.3, 0.4) is 0 Å². The lowest BCUT2D eigenvalue weighted by Crippen LogP contribution is -2.39. The van der Waals surface area contributed by atoms with Crippen molar-refractivity contribution in [3.63, 3.8) is 0 Å². The lowest BCUT2D eigenvalue weighted by Gasteiger charge is -2.15. The van der Waals surface area contributed by atoms with Crippen molar-refractivity contribution in [2.45, 2.75) is 13.5 Å². The third-order valence-corrected chi connectivity index (χ3v) is 2.49. The Balaban J connectivity index is 2.80. The van der Waals surface area contributed by atoms with Crippen LogP contribution >= 0.6 is 12.2 Å². The van der Waals surface area contributed by atoms with E-state index < -0.39 is 11.9 Å². The topological polar surface area (TPSA) is 59.0 Å². The predicted molar refractivity (Wildman–Crippen MR) is 80.0 cm³/mol. The first kappa shape index (κ1) is 15.7. The highest BCUT2D eigenvalue weighted by molar-refractivity contribution is 7.78. The molecule has 0 spiro atoms. The van der Waals surface area contributed by atoms with Gasteiger partial charge < -0.3 is 4.74 Å². The highest BCUT2D eigenvalue weighted by atomic mass is 32.1. The zero-order chi connectivity index (χ0) is 15.0. The summed E-state index contributed by atoms with van der Waals surface area (Å²) >= 11 is 4.69. The number of esters is 1. The molecule has 6 heteroatoms. The Bertz CT molecular complexity index is 541. The van der Waals surface area contributed by atoms with Crippen molar-refractivity contribution in [2.75, 3.05) is 0 Å². The monoisotopic (exact) mass is 290 g/mol. The molecule has 0 radical (unpaired) electrons. The van der Waals surface area contributed by atoms with Gasteiger partial charge in [-0.15, -0.1) is 0 Å². The lowest BCUT2D eigenvalue weighted by atomic mass is 10.2. The van der Waals surface area contributed by atoms with Crippen molar-refractivity contribution in [1.82, 2.24) is 4.90 Å². The van der Waals surface area contributed by atoms with Crippen molar-refractivity contribution < 1.29 is 14.3 Å². The van der Waals surface area contributed by atoms with Gasteiger partial charge in [0.2, 0.25) is 11.7 Å². The number of rotatable bonds is 4. The number of hydrogen-bond acceptors (Lipinski definition) is 5. The molecule has 0 aromatic heterocycles. The third kappa shape index (κ3) is 4.40. The molecule has 1 amide bonds. The molecule has 0 atom stereocenters. The fourth-order valence-corrected chi connectivity index (χ4v) is 1.61. The molecule has 1 aromatic carbocycles. The highest BCUT2D eigenvalue weighted by Crippen LogP contribution is 2.03. The van der Waals surface area contributed by atoms with Gasteiger partial charge in [0.05, 0.1) is 5.49 Å². The summed E-state index contributed by atoms with van der Waals surface area (Å²) in [6, 6.07) is 9.17. The highest BCUT2D eigenvalue weighted by Gasteiger charge is 2.22. The summed E-state index contributed by atoms with van der Waals surface area (Å²) in [6.07, 6.45) is 1.15. The molecular weight excluding hydrogens is 276 g/mol. The Morgan fingerprint density at radius 1 is 1.40 bits per heavy atom. The number of benzene rings is 1. The minimum Gasteiger partial charge on any atom is -0.455 e. The first-order valence-corrected chi connectivity index (χ1v) is 6.22. The second-order valence-electron chi connectivity index (χ2n) is 3.69. The summed E-state index contributed by atoms with van der Waals surface area (Å²) in [5.74, 6) is -1.39. The lowest BCUT2D eigenvalue weighted by molar-refractivity contribution is -0.138. The number of nitrogens with zero attached hydrogens (tertiary/aromatic N) is 2. The molecule has 0 aliphatic carbocycles. The van der Waals surface area contributed by atoms with Crippen molar-refractivity contribution in [1.29, 1.82) is 0 Å². The van der Waals surface area contributed by atoms with E-state index in [2.05, 4.69) is 11.6 Å². The van der Waals surface area contributed by atoms with Crippen LogP contribution in [0.2, 0.25) is 0 Å².